The van der Waals surface area contributed by atoms with Crippen LogP contribution < -0.4 is 5.32 Å². The zero-order valence-electron chi connectivity index (χ0n) is 11.4. The summed E-state index contributed by atoms with van der Waals surface area (Å²) in [6, 6.07) is 9.19. The lowest BCUT2D eigenvalue weighted by Gasteiger charge is -2.17. The molecule has 0 saturated carbocycles. The van der Waals surface area contributed by atoms with E-state index in [1.54, 1.807) is 19.1 Å². The lowest BCUT2D eigenvalue weighted by atomic mass is 10.2. The first-order chi connectivity index (χ1) is 9.60. The Morgan fingerprint density at radius 2 is 2.00 bits per heavy atom. The highest BCUT2D eigenvalue weighted by Gasteiger charge is 2.23. The summed E-state index contributed by atoms with van der Waals surface area (Å²) in [5.74, 6) is -0.645. The van der Waals surface area contributed by atoms with Crippen LogP contribution in [-0.2, 0) is 9.53 Å². The van der Waals surface area contributed by atoms with E-state index in [1.165, 1.54) is 23.5 Å². The number of carbonyl (C=O) groups is 1. The zero-order valence-corrected chi connectivity index (χ0v) is 12.2. The molecule has 1 N–H and O–H groups in total. The topological polar surface area (TPSA) is 38.3 Å². The van der Waals surface area contributed by atoms with Crippen LogP contribution in [0.5, 0.6) is 0 Å². The first kappa shape index (κ1) is 14.5. The van der Waals surface area contributed by atoms with Crippen molar-refractivity contribution < 1.29 is 13.9 Å². The minimum absolute atomic E-state index is 0.310. The number of benzene rings is 1. The van der Waals surface area contributed by atoms with E-state index >= 15 is 0 Å². The fourth-order valence-electron chi connectivity index (χ4n) is 1.79. The van der Waals surface area contributed by atoms with Gasteiger partial charge in [0.15, 0.2) is 6.04 Å². The minimum atomic E-state index is -0.570. The van der Waals surface area contributed by atoms with Gasteiger partial charge in [0.1, 0.15) is 5.82 Å². The zero-order chi connectivity index (χ0) is 14.5. The number of hydrogen-bond donors (Lipinski definition) is 1. The van der Waals surface area contributed by atoms with Crippen molar-refractivity contribution in [2.75, 3.05) is 11.9 Å². The first-order valence-electron chi connectivity index (χ1n) is 6.35. The lowest BCUT2D eigenvalue weighted by molar-refractivity contribution is -0.144. The molecule has 0 aliphatic carbocycles. The summed E-state index contributed by atoms with van der Waals surface area (Å²) in [4.78, 5) is 14.1. The van der Waals surface area contributed by atoms with Crippen LogP contribution in [-0.4, -0.2) is 12.6 Å². The number of esters is 1. The molecule has 0 saturated heterocycles. The van der Waals surface area contributed by atoms with Crippen molar-refractivity contribution in [2.45, 2.75) is 19.9 Å². The quantitative estimate of drug-likeness (QED) is 0.849. The molecule has 0 aliphatic rings. The van der Waals surface area contributed by atoms with Gasteiger partial charge in [-0.2, -0.15) is 0 Å². The number of carbonyl (C=O) groups excluding carboxylic acids is 1. The Bertz CT molecular complexity index is 580. The van der Waals surface area contributed by atoms with Crippen LogP contribution in [0.1, 0.15) is 22.7 Å². The van der Waals surface area contributed by atoms with E-state index in [4.69, 9.17) is 4.74 Å². The fraction of sp³-hybridized carbons (Fsp3) is 0.267. The average Bonchev–Trinajstić information content (AvgIpc) is 2.84. The largest absolute Gasteiger partial charge is 0.464 e. The van der Waals surface area contributed by atoms with Crippen LogP contribution in [0.3, 0.4) is 0 Å². The van der Waals surface area contributed by atoms with E-state index in [9.17, 15) is 9.18 Å². The second kappa shape index (κ2) is 6.52. The summed E-state index contributed by atoms with van der Waals surface area (Å²) in [5, 5.41) is 3.09. The van der Waals surface area contributed by atoms with Crippen LogP contribution in [0, 0.1) is 12.7 Å². The van der Waals surface area contributed by atoms with E-state index in [2.05, 4.69) is 5.32 Å². The van der Waals surface area contributed by atoms with Crippen LogP contribution in [0.25, 0.3) is 0 Å². The summed E-state index contributed by atoms with van der Waals surface area (Å²) >= 11 is 1.54. The van der Waals surface area contributed by atoms with E-state index in [1.807, 2.05) is 19.1 Å². The maximum Gasteiger partial charge on any atom is 0.334 e. The van der Waals surface area contributed by atoms with Gasteiger partial charge in [-0.15, -0.1) is 11.3 Å². The van der Waals surface area contributed by atoms with Crippen molar-refractivity contribution in [3.63, 3.8) is 0 Å². The summed E-state index contributed by atoms with van der Waals surface area (Å²) in [6.07, 6.45) is 0. The van der Waals surface area contributed by atoms with Gasteiger partial charge in [0.25, 0.3) is 0 Å². The fourth-order valence-corrected chi connectivity index (χ4v) is 2.71. The monoisotopic (exact) mass is 293 g/mol. The number of thiophene rings is 1. The molecule has 2 rings (SSSR count). The van der Waals surface area contributed by atoms with Crippen LogP contribution in [0.2, 0.25) is 0 Å². The second-order valence-corrected chi connectivity index (χ2v) is 5.60. The summed E-state index contributed by atoms with van der Waals surface area (Å²) < 4.78 is 18.0. The van der Waals surface area contributed by atoms with Crippen molar-refractivity contribution >= 4 is 23.0 Å². The number of aryl methyl sites for hydroxylation is 1. The van der Waals surface area contributed by atoms with Gasteiger partial charge in [-0.3, -0.25) is 0 Å². The number of hydrogen-bond acceptors (Lipinski definition) is 4. The molecule has 1 aromatic heterocycles. The van der Waals surface area contributed by atoms with Gasteiger partial charge >= 0.3 is 5.97 Å². The maximum atomic E-state index is 12.9. The predicted octanol–water partition coefficient (Wildman–Crippen LogP) is 3.91. The Morgan fingerprint density at radius 3 is 2.55 bits per heavy atom. The van der Waals surface area contributed by atoms with Crippen molar-refractivity contribution in [2.24, 2.45) is 0 Å². The molecule has 0 fully saturated rings. The molecule has 106 valence electrons. The number of anilines is 1. The van der Waals surface area contributed by atoms with Crippen LogP contribution >= 0.6 is 11.3 Å². The van der Waals surface area contributed by atoms with Gasteiger partial charge in [-0.1, -0.05) is 0 Å². The molecule has 20 heavy (non-hydrogen) atoms. The second-order valence-electron chi connectivity index (χ2n) is 4.28. The van der Waals surface area contributed by atoms with Gasteiger partial charge < -0.3 is 10.1 Å². The molecule has 0 radical (unpaired) electrons. The van der Waals surface area contributed by atoms with E-state index < -0.39 is 6.04 Å². The molecule has 5 heteroatoms. The van der Waals surface area contributed by atoms with Crippen LogP contribution in [0.15, 0.2) is 36.4 Å². The molecule has 2 aromatic rings. The molecule has 1 unspecified atom stereocenters. The third kappa shape index (κ3) is 3.57. The van der Waals surface area contributed by atoms with E-state index in [0.29, 0.717) is 12.3 Å². The lowest BCUT2D eigenvalue weighted by Crippen LogP contribution is -2.22. The highest BCUT2D eigenvalue weighted by molar-refractivity contribution is 7.12. The molecule has 0 aliphatic heterocycles. The summed E-state index contributed by atoms with van der Waals surface area (Å²) in [5.41, 5.74) is 0.676. The highest BCUT2D eigenvalue weighted by Crippen LogP contribution is 2.27. The van der Waals surface area contributed by atoms with Gasteiger partial charge in [0.05, 0.1) is 6.61 Å². The predicted molar refractivity (Wildman–Crippen MR) is 78.5 cm³/mol. The Balaban J connectivity index is 2.22. The van der Waals surface area contributed by atoms with Crippen molar-refractivity contribution in [1.29, 1.82) is 0 Å². The Labute approximate surface area is 121 Å². The molecule has 1 aromatic carbocycles. The number of ether oxygens (including phenoxy) is 1. The smallest absolute Gasteiger partial charge is 0.334 e. The molecule has 0 bridgehead atoms. The number of halogens is 1. The van der Waals surface area contributed by atoms with Crippen molar-refractivity contribution in [1.82, 2.24) is 0 Å². The molecule has 0 spiro atoms. The van der Waals surface area contributed by atoms with Gasteiger partial charge in [0.2, 0.25) is 0 Å². The van der Waals surface area contributed by atoms with Crippen molar-refractivity contribution in [3.05, 3.63) is 52.0 Å². The number of nitrogens with one attached hydrogen (secondary N) is 1. The third-order valence-electron chi connectivity index (χ3n) is 2.72. The van der Waals surface area contributed by atoms with E-state index in [-0.39, 0.29) is 11.8 Å². The van der Waals surface area contributed by atoms with Gasteiger partial charge in [-0.05, 0) is 50.2 Å². The summed E-state index contributed by atoms with van der Waals surface area (Å²) in [7, 11) is 0. The Hall–Kier alpha value is -1.88. The molecule has 0 amide bonds. The maximum absolute atomic E-state index is 12.9. The molecule has 3 nitrogen and oxygen atoms in total. The highest BCUT2D eigenvalue weighted by atomic mass is 32.1. The third-order valence-corrected chi connectivity index (χ3v) is 3.79. The van der Waals surface area contributed by atoms with Crippen molar-refractivity contribution in [3.8, 4) is 0 Å². The first-order valence-corrected chi connectivity index (χ1v) is 7.17. The van der Waals surface area contributed by atoms with Gasteiger partial charge in [-0.25, -0.2) is 9.18 Å². The normalized spacial score (nSPS) is 11.9. The molecular formula is C15H16FNO2S. The Kier molecular flexibility index (Phi) is 4.74. The molecular weight excluding hydrogens is 277 g/mol. The van der Waals surface area contributed by atoms with Gasteiger partial charge in [0, 0.05) is 15.4 Å². The minimum Gasteiger partial charge on any atom is -0.464 e. The molecule has 1 heterocycles. The van der Waals surface area contributed by atoms with Crippen LogP contribution in [0.4, 0.5) is 10.1 Å². The number of rotatable bonds is 5. The summed E-state index contributed by atoms with van der Waals surface area (Å²) in [6.45, 7) is 4.07. The Morgan fingerprint density at radius 1 is 1.30 bits per heavy atom. The average molecular weight is 293 g/mol. The molecule has 1 atom stereocenters. The standard InChI is InChI=1S/C15H16FNO2S/c1-3-19-15(18)14(13-9-4-10(2)20-13)17-12-7-5-11(16)6-8-12/h4-9,14,17H,3H2,1-2H3. The SMILES string of the molecule is CCOC(=O)C(Nc1ccc(F)cc1)c1ccc(C)s1. The van der Waals surface area contributed by atoms with E-state index in [0.717, 1.165) is 9.75 Å².